The number of nitrogens with zero attached hydrogens (tertiary/aromatic N) is 2. The van der Waals surface area contributed by atoms with E-state index in [1.807, 2.05) is 0 Å². The lowest BCUT2D eigenvalue weighted by Crippen LogP contribution is -2.08. The Bertz CT molecular complexity index is 2270. The molecule has 0 radical (unpaired) electrons. The van der Waals surface area contributed by atoms with Crippen LogP contribution in [0.4, 0.5) is 0 Å². The van der Waals surface area contributed by atoms with Crippen LogP contribution in [-0.4, -0.2) is 9.13 Å². The standard InChI is InChI=1S/C39H26N2/c1-3-12-26(13-4-1)38-37(33-20-11-19-32-30-17-8-7-14-28(30)25-40(38)39(32)33)27-22-23-36-34(24-27)31-18-9-10-21-35(31)41(36)29-15-5-2-6-16-29/h1-24H,25H2. The summed E-state index contributed by atoms with van der Waals surface area (Å²) in [6, 6.07) is 53.1. The highest BCUT2D eigenvalue weighted by Gasteiger charge is 2.27. The summed E-state index contributed by atoms with van der Waals surface area (Å²) in [5.41, 5.74) is 14.1. The van der Waals surface area contributed by atoms with E-state index < -0.39 is 0 Å². The summed E-state index contributed by atoms with van der Waals surface area (Å²) in [5, 5.41) is 3.86. The van der Waals surface area contributed by atoms with Crippen molar-refractivity contribution in [3.05, 3.63) is 151 Å². The van der Waals surface area contributed by atoms with Crippen LogP contribution in [0, 0.1) is 0 Å². The molecule has 1 aliphatic heterocycles. The Labute approximate surface area is 238 Å². The summed E-state index contributed by atoms with van der Waals surface area (Å²) in [6.07, 6.45) is 0. The van der Waals surface area contributed by atoms with E-state index in [-0.39, 0.29) is 0 Å². The molecule has 0 fully saturated rings. The van der Waals surface area contributed by atoms with Gasteiger partial charge in [0.05, 0.1) is 22.2 Å². The molecular formula is C39H26N2. The van der Waals surface area contributed by atoms with Gasteiger partial charge in [0.1, 0.15) is 0 Å². The number of hydrogen-bond acceptors (Lipinski definition) is 0. The monoisotopic (exact) mass is 522 g/mol. The molecule has 3 heterocycles. The summed E-state index contributed by atoms with van der Waals surface area (Å²) in [7, 11) is 0. The Balaban J connectivity index is 1.39. The molecule has 41 heavy (non-hydrogen) atoms. The van der Waals surface area contributed by atoms with E-state index in [9.17, 15) is 0 Å². The number of aromatic nitrogens is 2. The topological polar surface area (TPSA) is 9.86 Å². The Kier molecular flexibility index (Phi) is 4.70. The van der Waals surface area contributed by atoms with E-state index in [0.29, 0.717) is 0 Å². The molecule has 0 atom stereocenters. The molecule has 0 unspecified atom stereocenters. The fraction of sp³-hybridized carbons (Fsp3) is 0.0256. The highest BCUT2D eigenvalue weighted by Crippen LogP contribution is 2.48. The molecular weight excluding hydrogens is 496 g/mol. The first kappa shape index (κ1) is 22.5. The lowest BCUT2D eigenvalue weighted by molar-refractivity contribution is 0.838. The van der Waals surface area contributed by atoms with Crippen LogP contribution in [0.15, 0.2) is 146 Å². The third kappa shape index (κ3) is 3.19. The maximum atomic E-state index is 2.55. The van der Waals surface area contributed by atoms with Crippen LogP contribution in [0.3, 0.4) is 0 Å². The van der Waals surface area contributed by atoms with Crippen LogP contribution < -0.4 is 0 Å². The number of rotatable bonds is 3. The zero-order valence-corrected chi connectivity index (χ0v) is 22.5. The lowest BCUT2D eigenvalue weighted by Gasteiger charge is -2.21. The highest BCUT2D eigenvalue weighted by atomic mass is 15.0. The predicted octanol–water partition coefficient (Wildman–Crippen LogP) is 10.1. The smallest absolute Gasteiger partial charge is 0.0574 e. The van der Waals surface area contributed by atoms with E-state index in [0.717, 1.165) is 6.54 Å². The van der Waals surface area contributed by atoms with Crippen LogP contribution in [-0.2, 0) is 6.54 Å². The lowest BCUT2D eigenvalue weighted by atomic mass is 9.93. The zero-order valence-electron chi connectivity index (χ0n) is 22.5. The zero-order chi connectivity index (χ0) is 26.9. The molecule has 0 aliphatic carbocycles. The molecule has 0 saturated carbocycles. The number of benzene rings is 6. The maximum absolute atomic E-state index is 2.55. The second-order valence-electron chi connectivity index (χ2n) is 11.0. The van der Waals surface area contributed by atoms with E-state index >= 15 is 0 Å². The fourth-order valence-electron chi connectivity index (χ4n) is 7.05. The van der Waals surface area contributed by atoms with Crippen LogP contribution in [0.5, 0.6) is 0 Å². The molecule has 0 amide bonds. The van der Waals surface area contributed by atoms with Crippen molar-refractivity contribution < 1.29 is 0 Å². The van der Waals surface area contributed by atoms with Crippen molar-refractivity contribution in [1.82, 2.24) is 9.13 Å². The predicted molar refractivity (Wildman–Crippen MR) is 172 cm³/mol. The summed E-state index contributed by atoms with van der Waals surface area (Å²) in [4.78, 5) is 0. The molecule has 0 saturated heterocycles. The molecule has 2 aromatic heterocycles. The van der Waals surface area contributed by atoms with Crippen molar-refractivity contribution in [2.75, 3.05) is 0 Å². The molecule has 0 spiro atoms. The Hall–Kier alpha value is -5.34. The minimum atomic E-state index is 0.865. The Morgan fingerprint density at radius 1 is 0.463 bits per heavy atom. The Morgan fingerprint density at radius 3 is 2.02 bits per heavy atom. The fourth-order valence-corrected chi connectivity index (χ4v) is 7.05. The number of para-hydroxylation sites is 3. The first-order valence-corrected chi connectivity index (χ1v) is 14.2. The van der Waals surface area contributed by atoms with Gasteiger partial charge < -0.3 is 9.13 Å². The summed E-state index contributed by atoms with van der Waals surface area (Å²) >= 11 is 0. The maximum Gasteiger partial charge on any atom is 0.0574 e. The third-order valence-corrected chi connectivity index (χ3v) is 8.74. The van der Waals surface area contributed by atoms with Crippen LogP contribution >= 0.6 is 0 Å². The van der Waals surface area contributed by atoms with Gasteiger partial charge in [-0.3, -0.25) is 0 Å². The van der Waals surface area contributed by atoms with Gasteiger partial charge in [-0.1, -0.05) is 115 Å². The van der Waals surface area contributed by atoms with Crippen LogP contribution in [0.25, 0.3) is 71.9 Å². The minimum absolute atomic E-state index is 0.865. The van der Waals surface area contributed by atoms with Gasteiger partial charge in [0.2, 0.25) is 0 Å². The van der Waals surface area contributed by atoms with Gasteiger partial charge in [-0.2, -0.15) is 0 Å². The second kappa shape index (κ2) is 8.58. The first-order valence-electron chi connectivity index (χ1n) is 14.2. The molecule has 2 nitrogen and oxygen atoms in total. The van der Waals surface area contributed by atoms with Crippen molar-refractivity contribution >= 4 is 32.7 Å². The van der Waals surface area contributed by atoms with Gasteiger partial charge in [0.25, 0.3) is 0 Å². The molecule has 9 rings (SSSR count). The molecule has 0 bridgehead atoms. The third-order valence-electron chi connectivity index (χ3n) is 8.74. The minimum Gasteiger partial charge on any atom is -0.335 e. The van der Waals surface area contributed by atoms with Crippen LogP contribution in [0.2, 0.25) is 0 Å². The number of fused-ring (bicyclic) bond motifs is 5. The molecule has 2 heteroatoms. The van der Waals surface area contributed by atoms with Gasteiger partial charge in [0, 0.05) is 39.5 Å². The van der Waals surface area contributed by atoms with E-state index in [1.54, 1.807) is 0 Å². The summed E-state index contributed by atoms with van der Waals surface area (Å²) in [5.74, 6) is 0. The van der Waals surface area contributed by atoms with Gasteiger partial charge in [-0.25, -0.2) is 0 Å². The average molecular weight is 523 g/mol. The van der Waals surface area contributed by atoms with Crippen molar-refractivity contribution in [3.63, 3.8) is 0 Å². The highest BCUT2D eigenvalue weighted by molar-refractivity contribution is 6.14. The van der Waals surface area contributed by atoms with Gasteiger partial charge >= 0.3 is 0 Å². The van der Waals surface area contributed by atoms with E-state index in [4.69, 9.17) is 0 Å². The Morgan fingerprint density at radius 2 is 1.15 bits per heavy atom. The molecule has 192 valence electrons. The van der Waals surface area contributed by atoms with Crippen LogP contribution in [0.1, 0.15) is 5.56 Å². The average Bonchev–Trinajstić information content (AvgIpc) is 3.55. The first-order chi connectivity index (χ1) is 20.4. The largest absolute Gasteiger partial charge is 0.335 e. The molecule has 1 aliphatic rings. The van der Waals surface area contributed by atoms with Gasteiger partial charge in [-0.15, -0.1) is 0 Å². The molecule has 8 aromatic rings. The molecule has 6 aromatic carbocycles. The summed E-state index contributed by atoms with van der Waals surface area (Å²) in [6.45, 7) is 0.865. The second-order valence-corrected chi connectivity index (χ2v) is 11.0. The van der Waals surface area contributed by atoms with Crippen molar-refractivity contribution in [1.29, 1.82) is 0 Å². The van der Waals surface area contributed by atoms with Gasteiger partial charge in [-0.05, 0) is 52.6 Å². The van der Waals surface area contributed by atoms with Gasteiger partial charge in [0.15, 0.2) is 0 Å². The quantitative estimate of drug-likeness (QED) is 0.218. The van der Waals surface area contributed by atoms with E-state index in [2.05, 4.69) is 155 Å². The van der Waals surface area contributed by atoms with E-state index in [1.165, 1.54) is 77.5 Å². The van der Waals surface area contributed by atoms with Crippen molar-refractivity contribution in [3.8, 4) is 39.2 Å². The SMILES string of the molecule is c1ccc(-c2c(-c3ccc4c(c3)c3ccccc3n4-c3ccccc3)c3cccc4c3n2Cc2ccccc2-4)cc1. The normalized spacial score (nSPS) is 12.3. The van der Waals surface area contributed by atoms with Crippen molar-refractivity contribution in [2.45, 2.75) is 6.54 Å². The summed E-state index contributed by atoms with van der Waals surface area (Å²) < 4.78 is 4.94. The number of hydrogen-bond donors (Lipinski definition) is 0. The van der Waals surface area contributed by atoms with Crippen molar-refractivity contribution in [2.24, 2.45) is 0 Å². The molecule has 0 N–H and O–H groups in total.